The summed E-state index contributed by atoms with van der Waals surface area (Å²) in [6.45, 7) is 1.37. The number of aliphatic hydroxyl groups is 1. The standard InChI is InChI=1S/C25H32N4O5S/c1-35(33,34)29-10-8-20(9-11-29)28-25(32)17-6-7-21(24(26)31)19(12-17)14-23(30)22-13-16-4-2-3-5-18(16)15-27-22/h2-7,12,20,22-23,27,30H,8-11,13-15H2,1H3,(H2,26,31)(H,28,32)/t22-,23+/m0/s1. The normalized spacial score (nSPS) is 20.1. The molecule has 10 heteroatoms. The molecule has 1 fully saturated rings. The van der Waals surface area contributed by atoms with Crippen LogP contribution in [0.1, 0.15) is 50.2 Å². The number of benzene rings is 2. The van der Waals surface area contributed by atoms with Crippen LogP contribution in [-0.2, 0) is 29.4 Å². The molecule has 2 amide bonds. The van der Waals surface area contributed by atoms with Crippen LogP contribution in [-0.4, -0.2) is 67.2 Å². The molecule has 0 radical (unpaired) electrons. The molecule has 5 N–H and O–H groups in total. The predicted molar refractivity (Wildman–Crippen MR) is 132 cm³/mol. The molecule has 2 atom stereocenters. The number of carbonyl (C=O) groups is 2. The van der Waals surface area contributed by atoms with Crippen molar-refractivity contribution in [1.82, 2.24) is 14.9 Å². The van der Waals surface area contributed by atoms with E-state index in [0.717, 1.165) is 0 Å². The number of rotatable bonds is 7. The van der Waals surface area contributed by atoms with Gasteiger partial charge in [0.2, 0.25) is 15.9 Å². The van der Waals surface area contributed by atoms with E-state index in [4.69, 9.17) is 5.73 Å². The molecule has 4 rings (SSSR count). The Labute approximate surface area is 205 Å². The first-order valence-corrected chi connectivity index (χ1v) is 13.6. The Hall–Kier alpha value is -2.79. The SMILES string of the molecule is CS(=O)(=O)N1CCC(NC(=O)c2ccc(C(N)=O)c(C[C@@H](O)[C@@H]3Cc4ccccc4CN3)c2)CC1. The summed E-state index contributed by atoms with van der Waals surface area (Å²) in [6.07, 6.45) is 2.29. The van der Waals surface area contributed by atoms with Crippen LogP contribution in [0.4, 0.5) is 0 Å². The van der Waals surface area contributed by atoms with Gasteiger partial charge in [-0.15, -0.1) is 0 Å². The predicted octanol–water partition coefficient (Wildman–Crippen LogP) is 0.557. The number of amides is 2. The van der Waals surface area contributed by atoms with Crippen molar-refractivity contribution in [2.75, 3.05) is 19.3 Å². The van der Waals surface area contributed by atoms with E-state index in [9.17, 15) is 23.1 Å². The molecule has 9 nitrogen and oxygen atoms in total. The molecule has 2 aromatic carbocycles. The van der Waals surface area contributed by atoms with Crippen LogP contribution < -0.4 is 16.4 Å². The summed E-state index contributed by atoms with van der Waals surface area (Å²) < 4.78 is 24.8. The van der Waals surface area contributed by atoms with Crippen LogP contribution >= 0.6 is 0 Å². The van der Waals surface area contributed by atoms with Crippen LogP contribution in [0.3, 0.4) is 0 Å². The van der Waals surface area contributed by atoms with Crippen molar-refractivity contribution >= 4 is 21.8 Å². The molecule has 0 aliphatic carbocycles. The fraction of sp³-hybridized carbons (Fsp3) is 0.440. The summed E-state index contributed by atoms with van der Waals surface area (Å²) in [7, 11) is -3.24. The minimum absolute atomic E-state index is 0.142. The van der Waals surface area contributed by atoms with Gasteiger partial charge in [-0.05, 0) is 54.2 Å². The zero-order valence-corrected chi connectivity index (χ0v) is 20.6. The number of primary amides is 1. The number of nitrogens with zero attached hydrogens (tertiary/aromatic N) is 1. The zero-order valence-electron chi connectivity index (χ0n) is 19.7. The second-order valence-electron chi connectivity index (χ2n) is 9.38. The maximum absolute atomic E-state index is 12.9. The highest BCUT2D eigenvalue weighted by Crippen LogP contribution is 2.22. The summed E-state index contributed by atoms with van der Waals surface area (Å²) in [4.78, 5) is 24.9. The molecule has 0 spiro atoms. The Bertz CT molecular complexity index is 1210. The lowest BCUT2D eigenvalue weighted by Gasteiger charge is -2.31. The van der Waals surface area contributed by atoms with Gasteiger partial charge in [0, 0.05) is 49.3 Å². The van der Waals surface area contributed by atoms with Gasteiger partial charge < -0.3 is 21.5 Å². The highest BCUT2D eigenvalue weighted by Gasteiger charge is 2.28. The number of carbonyl (C=O) groups excluding carboxylic acids is 2. The topological polar surface area (TPSA) is 142 Å². The van der Waals surface area contributed by atoms with Gasteiger partial charge in [0.15, 0.2) is 0 Å². The van der Waals surface area contributed by atoms with Crippen LogP contribution in [0.25, 0.3) is 0 Å². The number of aliphatic hydroxyl groups excluding tert-OH is 1. The minimum atomic E-state index is -3.24. The van der Waals surface area contributed by atoms with Crippen molar-refractivity contribution in [3.63, 3.8) is 0 Å². The molecule has 0 unspecified atom stereocenters. The Morgan fingerprint density at radius 3 is 2.51 bits per heavy atom. The largest absolute Gasteiger partial charge is 0.391 e. The van der Waals surface area contributed by atoms with Crippen molar-refractivity contribution in [3.8, 4) is 0 Å². The number of hydrogen-bond donors (Lipinski definition) is 4. The summed E-state index contributed by atoms with van der Waals surface area (Å²) in [5.41, 5.74) is 9.11. The monoisotopic (exact) mass is 500 g/mol. The fourth-order valence-corrected chi connectivity index (χ4v) is 5.74. The molecule has 35 heavy (non-hydrogen) atoms. The molecule has 2 aliphatic rings. The first-order valence-electron chi connectivity index (χ1n) is 11.8. The number of sulfonamides is 1. The number of piperidine rings is 1. The summed E-state index contributed by atoms with van der Waals surface area (Å²) in [5, 5.41) is 17.3. The average molecular weight is 501 g/mol. The van der Waals surface area contributed by atoms with E-state index in [0.29, 0.717) is 50.0 Å². The molecule has 188 valence electrons. The molecule has 0 aromatic heterocycles. The van der Waals surface area contributed by atoms with Gasteiger partial charge in [0.25, 0.3) is 5.91 Å². The highest BCUT2D eigenvalue weighted by molar-refractivity contribution is 7.88. The van der Waals surface area contributed by atoms with E-state index in [-0.39, 0.29) is 30.0 Å². The van der Waals surface area contributed by atoms with E-state index >= 15 is 0 Å². The molecule has 2 aromatic rings. The van der Waals surface area contributed by atoms with Crippen LogP contribution in [0.5, 0.6) is 0 Å². The smallest absolute Gasteiger partial charge is 0.251 e. The Kier molecular flexibility index (Phi) is 7.56. The van der Waals surface area contributed by atoms with E-state index in [2.05, 4.69) is 22.8 Å². The second kappa shape index (κ2) is 10.4. The van der Waals surface area contributed by atoms with Crippen LogP contribution in [0.15, 0.2) is 42.5 Å². The minimum Gasteiger partial charge on any atom is -0.391 e. The van der Waals surface area contributed by atoms with Crippen molar-refractivity contribution in [2.45, 2.75) is 50.4 Å². The van der Waals surface area contributed by atoms with E-state index in [1.165, 1.54) is 27.8 Å². The van der Waals surface area contributed by atoms with E-state index in [1.54, 1.807) is 12.1 Å². The molecule has 1 saturated heterocycles. The summed E-state index contributed by atoms with van der Waals surface area (Å²) >= 11 is 0. The van der Waals surface area contributed by atoms with Gasteiger partial charge in [-0.3, -0.25) is 9.59 Å². The second-order valence-corrected chi connectivity index (χ2v) is 11.4. The highest BCUT2D eigenvalue weighted by atomic mass is 32.2. The Morgan fingerprint density at radius 1 is 1.17 bits per heavy atom. The molecular weight excluding hydrogens is 468 g/mol. The van der Waals surface area contributed by atoms with Crippen molar-refractivity contribution in [2.24, 2.45) is 5.73 Å². The number of nitrogens with two attached hydrogens (primary N) is 1. The molecule has 2 aliphatic heterocycles. The van der Waals surface area contributed by atoms with Gasteiger partial charge in [-0.1, -0.05) is 24.3 Å². The van der Waals surface area contributed by atoms with Gasteiger partial charge in [-0.2, -0.15) is 0 Å². The number of nitrogens with one attached hydrogen (secondary N) is 2. The van der Waals surface area contributed by atoms with Crippen molar-refractivity contribution < 1.29 is 23.1 Å². The van der Waals surface area contributed by atoms with E-state index in [1.807, 2.05) is 12.1 Å². The average Bonchev–Trinajstić information content (AvgIpc) is 2.83. The first-order chi connectivity index (χ1) is 16.6. The Morgan fingerprint density at radius 2 is 1.86 bits per heavy atom. The fourth-order valence-electron chi connectivity index (χ4n) is 4.86. The third-order valence-corrected chi connectivity index (χ3v) is 8.20. The maximum atomic E-state index is 12.9. The third-order valence-electron chi connectivity index (χ3n) is 6.90. The van der Waals surface area contributed by atoms with Gasteiger partial charge >= 0.3 is 0 Å². The third kappa shape index (κ3) is 6.07. The van der Waals surface area contributed by atoms with Crippen LogP contribution in [0, 0.1) is 0 Å². The van der Waals surface area contributed by atoms with Gasteiger partial charge in [-0.25, -0.2) is 12.7 Å². The molecule has 0 bridgehead atoms. The van der Waals surface area contributed by atoms with E-state index < -0.39 is 22.0 Å². The van der Waals surface area contributed by atoms with Crippen LogP contribution in [0.2, 0.25) is 0 Å². The summed E-state index contributed by atoms with van der Waals surface area (Å²) in [5.74, 6) is -0.923. The molecular formula is C25H32N4O5S. The molecule has 2 heterocycles. The quantitative estimate of drug-likeness (QED) is 0.438. The van der Waals surface area contributed by atoms with Crippen molar-refractivity contribution in [3.05, 3.63) is 70.3 Å². The molecule has 0 saturated carbocycles. The zero-order chi connectivity index (χ0) is 25.2. The van der Waals surface area contributed by atoms with Gasteiger partial charge in [0.05, 0.1) is 12.4 Å². The summed E-state index contributed by atoms with van der Waals surface area (Å²) in [6, 6.07) is 12.4. The number of hydrogen-bond acceptors (Lipinski definition) is 6. The lowest BCUT2D eigenvalue weighted by Crippen LogP contribution is -2.46. The maximum Gasteiger partial charge on any atom is 0.251 e. The Balaban J connectivity index is 1.44. The number of fused-ring (bicyclic) bond motifs is 1. The lowest BCUT2D eigenvalue weighted by atomic mass is 9.89. The first kappa shape index (κ1) is 25.3. The van der Waals surface area contributed by atoms with Crippen molar-refractivity contribution in [1.29, 1.82) is 0 Å². The lowest BCUT2D eigenvalue weighted by molar-refractivity contribution is 0.0920. The van der Waals surface area contributed by atoms with Gasteiger partial charge in [0.1, 0.15) is 0 Å².